The molecule has 0 aliphatic heterocycles. The van der Waals surface area contributed by atoms with Gasteiger partial charge in [0.1, 0.15) is 5.75 Å². The Morgan fingerprint density at radius 3 is 2.54 bits per heavy atom. The molecule has 0 saturated carbocycles. The molecule has 0 unspecified atom stereocenters. The van der Waals surface area contributed by atoms with Crippen LogP contribution in [0.1, 0.15) is 15.9 Å². The smallest absolute Gasteiger partial charge is 0.337 e. The third kappa shape index (κ3) is 4.63. The minimum atomic E-state index is -0.400. The predicted molar refractivity (Wildman–Crippen MR) is 110 cm³/mol. The summed E-state index contributed by atoms with van der Waals surface area (Å²) in [6.45, 7) is 0. The van der Waals surface area contributed by atoms with Crippen LogP contribution < -0.4 is 10.1 Å². The molecule has 1 aromatic heterocycles. The number of benzene rings is 2. The first kappa shape index (κ1) is 19.3. The van der Waals surface area contributed by atoms with E-state index in [4.69, 9.17) is 4.74 Å². The lowest BCUT2D eigenvalue weighted by molar-refractivity contribution is -0.111. The van der Waals surface area contributed by atoms with Gasteiger partial charge in [-0.3, -0.25) is 10.1 Å². The molecule has 0 atom stereocenters. The first-order valence-corrected chi connectivity index (χ1v) is 9.25. The number of amides is 1. The molecule has 142 valence electrons. The van der Waals surface area contributed by atoms with Crippen LogP contribution >= 0.6 is 11.3 Å². The van der Waals surface area contributed by atoms with Crippen LogP contribution in [0.25, 0.3) is 17.3 Å². The first-order valence-electron chi connectivity index (χ1n) is 8.37. The van der Waals surface area contributed by atoms with Crippen molar-refractivity contribution in [3.05, 3.63) is 71.1 Å². The number of aromatic nitrogens is 1. The summed E-state index contributed by atoms with van der Waals surface area (Å²) in [6, 6.07) is 14.3. The van der Waals surface area contributed by atoms with Crippen molar-refractivity contribution in [3.63, 3.8) is 0 Å². The van der Waals surface area contributed by atoms with Crippen LogP contribution in [0.15, 0.2) is 60.0 Å². The summed E-state index contributed by atoms with van der Waals surface area (Å²) >= 11 is 1.34. The van der Waals surface area contributed by atoms with E-state index in [9.17, 15) is 9.59 Å². The van der Waals surface area contributed by atoms with Crippen LogP contribution in [0, 0.1) is 0 Å². The molecule has 1 N–H and O–H groups in total. The van der Waals surface area contributed by atoms with Crippen LogP contribution in [0.2, 0.25) is 0 Å². The van der Waals surface area contributed by atoms with Gasteiger partial charge in [-0.1, -0.05) is 24.3 Å². The lowest BCUT2D eigenvalue weighted by Crippen LogP contribution is -2.07. The van der Waals surface area contributed by atoms with E-state index < -0.39 is 5.97 Å². The van der Waals surface area contributed by atoms with Crippen molar-refractivity contribution in [1.82, 2.24) is 4.98 Å². The summed E-state index contributed by atoms with van der Waals surface area (Å²) < 4.78 is 10.00. The molecule has 2 aromatic carbocycles. The summed E-state index contributed by atoms with van der Waals surface area (Å²) in [5.74, 6) is 0.0295. The number of thiazole rings is 1. The second kappa shape index (κ2) is 8.96. The molecule has 1 heterocycles. The van der Waals surface area contributed by atoms with Gasteiger partial charge in [0.25, 0.3) is 0 Å². The minimum Gasteiger partial charge on any atom is -0.496 e. The number of carbonyl (C=O) groups is 2. The maximum absolute atomic E-state index is 12.1. The predicted octanol–water partition coefficient (Wildman–Crippen LogP) is 4.26. The summed E-state index contributed by atoms with van der Waals surface area (Å²) in [7, 11) is 2.94. The Kier molecular flexibility index (Phi) is 6.18. The monoisotopic (exact) mass is 394 g/mol. The maximum Gasteiger partial charge on any atom is 0.337 e. The maximum atomic E-state index is 12.1. The van der Waals surface area contributed by atoms with Gasteiger partial charge in [0, 0.05) is 17.0 Å². The lowest BCUT2D eigenvalue weighted by Gasteiger charge is -2.04. The third-order valence-electron chi connectivity index (χ3n) is 3.88. The molecule has 0 aliphatic rings. The molecule has 0 saturated heterocycles. The topological polar surface area (TPSA) is 77.5 Å². The quantitative estimate of drug-likeness (QED) is 0.499. The third-order valence-corrected chi connectivity index (χ3v) is 4.63. The number of para-hydroxylation sites is 1. The molecular formula is C21H18N2O4S. The Labute approximate surface area is 166 Å². The molecule has 28 heavy (non-hydrogen) atoms. The van der Waals surface area contributed by atoms with E-state index in [0.717, 1.165) is 22.6 Å². The number of hydrogen-bond acceptors (Lipinski definition) is 6. The van der Waals surface area contributed by atoms with Crippen molar-refractivity contribution < 1.29 is 19.1 Å². The van der Waals surface area contributed by atoms with Gasteiger partial charge in [0.15, 0.2) is 5.13 Å². The zero-order chi connectivity index (χ0) is 19.9. The molecule has 0 spiro atoms. The number of nitrogens with one attached hydrogen (secondary N) is 1. The minimum absolute atomic E-state index is 0.294. The summed E-state index contributed by atoms with van der Waals surface area (Å²) in [5, 5.41) is 5.11. The van der Waals surface area contributed by atoms with E-state index in [1.807, 2.05) is 29.6 Å². The standard InChI is InChI=1S/C21H18N2O4S/c1-26-18-6-4-3-5-16(18)17-13-28-21(22-17)23-19(24)12-9-14-7-10-15(11-8-14)20(25)27-2/h3-13H,1-2H3,(H,22,23,24)/b12-9+. The largest absolute Gasteiger partial charge is 0.496 e. The van der Waals surface area contributed by atoms with E-state index in [-0.39, 0.29) is 5.91 Å². The number of ether oxygens (including phenoxy) is 2. The molecule has 7 heteroatoms. The summed E-state index contributed by atoms with van der Waals surface area (Å²) in [6.07, 6.45) is 3.07. The summed E-state index contributed by atoms with van der Waals surface area (Å²) in [5.41, 5.74) is 2.84. The fourth-order valence-electron chi connectivity index (χ4n) is 2.48. The highest BCUT2D eigenvalue weighted by Gasteiger charge is 2.10. The number of esters is 1. The highest BCUT2D eigenvalue weighted by atomic mass is 32.1. The fraction of sp³-hybridized carbons (Fsp3) is 0.0952. The summed E-state index contributed by atoms with van der Waals surface area (Å²) in [4.78, 5) is 28.0. The number of nitrogens with zero attached hydrogens (tertiary/aromatic N) is 1. The molecular weight excluding hydrogens is 376 g/mol. The van der Waals surface area contributed by atoms with Crippen molar-refractivity contribution in [1.29, 1.82) is 0 Å². The van der Waals surface area contributed by atoms with Gasteiger partial charge in [-0.15, -0.1) is 11.3 Å². The van der Waals surface area contributed by atoms with Gasteiger partial charge in [-0.25, -0.2) is 9.78 Å². The van der Waals surface area contributed by atoms with Crippen LogP contribution in [0.4, 0.5) is 5.13 Å². The average Bonchev–Trinajstić information content (AvgIpc) is 3.20. The van der Waals surface area contributed by atoms with Gasteiger partial charge in [-0.05, 0) is 35.9 Å². The number of hydrogen-bond donors (Lipinski definition) is 1. The van der Waals surface area contributed by atoms with Gasteiger partial charge in [-0.2, -0.15) is 0 Å². The van der Waals surface area contributed by atoms with E-state index in [1.54, 1.807) is 37.5 Å². The highest BCUT2D eigenvalue weighted by Crippen LogP contribution is 2.31. The molecule has 0 fully saturated rings. The second-order valence-electron chi connectivity index (χ2n) is 5.67. The second-order valence-corrected chi connectivity index (χ2v) is 6.53. The number of anilines is 1. The van der Waals surface area contributed by atoms with Gasteiger partial charge in [0.2, 0.25) is 5.91 Å². The Balaban J connectivity index is 1.65. The molecule has 0 aliphatic carbocycles. The Morgan fingerprint density at radius 2 is 1.82 bits per heavy atom. The van der Waals surface area contributed by atoms with Crippen molar-refractivity contribution in [3.8, 4) is 17.0 Å². The van der Waals surface area contributed by atoms with Gasteiger partial charge < -0.3 is 9.47 Å². The first-order chi connectivity index (χ1) is 13.6. The average molecular weight is 394 g/mol. The van der Waals surface area contributed by atoms with Crippen molar-refractivity contribution >= 4 is 34.4 Å². The normalized spacial score (nSPS) is 10.6. The molecule has 3 aromatic rings. The molecule has 0 bridgehead atoms. The molecule has 0 radical (unpaired) electrons. The zero-order valence-corrected chi connectivity index (χ0v) is 16.2. The lowest BCUT2D eigenvalue weighted by atomic mass is 10.1. The highest BCUT2D eigenvalue weighted by molar-refractivity contribution is 7.14. The molecule has 1 amide bonds. The number of methoxy groups -OCH3 is 2. The fourth-order valence-corrected chi connectivity index (χ4v) is 3.19. The van der Waals surface area contributed by atoms with E-state index in [0.29, 0.717) is 10.7 Å². The number of carbonyl (C=O) groups excluding carboxylic acids is 2. The van der Waals surface area contributed by atoms with Crippen molar-refractivity contribution in [2.24, 2.45) is 0 Å². The zero-order valence-electron chi connectivity index (χ0n) is 15.3. The van der Waals surface area contributed by atoms with Gasteiger partial charge >= 0.3 is 5.97 Å². The SMILES string of the molecule is COC(=O)c1ccc(/C=C/C(=O)Nc2nc(-c3ccccc3OC)cs2)cc1. The van der Waals surface area contributed by atoms with Crippen molar-refractivity contribution in [2.45, 2.75) is 0 Å². The molecule has 6 nitrogen and oxygen atoms in total. The van der Waals surface area contributed by atoms with Crippen LogP contribution in [0.5, 0.6) is 5.75 Å². The van der Waals surface area contributed by atoms with E-state index >= 15 is 0 Å². The van der Waals surface area contributed by atoms with Crippen molar-refractivity contribution in [2.75, 3.05) is 19.5 Å². The van der Waals surface area contributed by atoms with Crippen LogP contribution in [-0.4, -0.2) is 31.1 Å². The van der Waals surface area contributed by atoms with Crippen LogP contribution in [-0.2, 0) is 9.53 Å². The number of rotatable bonds is 6. The Morgan fingerprint density at radius 1 is 1.07 bits per heavy atom. The van der Waals surface area contributed by atoms with E-state index in [1.165, 1.54) is 24.5 Å². The molecule has 3 rings (SSSR count). The Bertz CT molecular complexity index is 1010. The van der Waals surface area contributed by atoms with Crippen LogP contribution in [0.3, 0.4) is 0 Å². The Hall–Kier alpha value is -3.45. The van der Waals surface area contributed by atoms with Gasteiger partial charge in [0.05, 0.1) is 25.5 Å². The van der Waals surface area contributed by atoms with E-state index in [2.05, 4.69) is 15.0 Å².